The van der Waals surface area contributed by atoms with Crippen LogP contribution in [0.5, 0.6) is 5.75 Å². The molecule has 104 valence electrons. The first-order valence-corrected chi connectivity index (χ1v) is 5.84. The minimum atomic E-state index is -0.897. The van der Waals surface area contributed by atoms with E-state index in [4.69, 9.17) is 9.84 Å². The van der Waals surface area contributed by atoms with Crippen LogP contribution in [0.3, 0.4) is 0 Å². The zero-order chi connectivity index (χ0) is 14.3. The predicted octanol–water partition coefficient (Wildman–Crippen LogP) is 1.36. The first-order valence-electron chi connectivity index (χ1n) is 5.84. The summed E-state index contributed by atoms with van der Waals surface area (Å²) >= 11 is 0. The largest absolute Gasteiger partial charge is 0.494 e. The fourth-order valence-electron chi connectivity index (χ4n) is 1.54. The van der Waals surface area contributed by atoms with Gasteiger partial charge in [0.25, 0.3) is 0 Å². The van der Waals surface area contributed by atoms with Gasteiger partial charge < -0.3 is 15.2 Å². The van der Waals surface area contributed by atoms with Crippen LogP contribution in [0.15, 0.2) is 18.2 Å². The first-order chi connectivity index (χ1) is 9.02. The van der Waals surface area contributed by atoms with E-state index in [9.17, 15) is 14.0 Å². The highest BCUT2D eigenvalue weighted by molar-refractivity contribution is 5.78. The monoisotopic (exact) mass is 269 g/mol. The molecule has 0 saturated heterocycles. The van der Waals surface area contributed by atoms with Crippen LogP contribution in [0.4, 0.5) is 4.39 Å². The highest BCUT2D eigenvalue weighted by Gasteiger charge is 2.07. The lowest BCUT2D eigenvalue weighted by Gasteiger charge is -2.06. The van der Waals surface area contributed by atoms with Crippen molar-refractivity contribution in [1.82, 2.24) is 5.32 Å². The van der Waals surface area contributed by atoms with Crippen LogP contribution in [0.2, 0.25) is 0 Å². The molecule has 0 aliphatic carbocycles. The third-order valence-electron chi connectivity index (χ3n) is 2.47. The van der Waals surface area contributed by atoms with Crippen molar-refractivity contribution in [1.29, 1.82) is 0 Å². The predicted molar refractivity (Wildman–Crippen MR) is 66.5 cm³/mol. The van der Waals surface area contributed by atoms with E-state index >= 15 is 0 Å². The standard InChI is InChI=1S/C13H16FNO4/c1-19-11-5-4-9(7-10(11)14)8-12(16)15-6-2-3-13(17)18/h4-5,7H,2-3,6,8H2,1H3,(H,15,16)(H,17,18). The molecule has 0 spiro atoms. The maximum absolute atomic E-state index is 13.4. The number of halogens is 1. The van der Waals surface area contributed by atoms with Gasteiger partial charge in [0.05, 0.1) is 13.5 Å². The zero-order valence-electron chi connectivity index (χ0n) is 10.6. The van der Waals surface area contributed by atoms with E-state index in [1.807, 2.05) is 0 Å². The fourth-order valence-corrected chi connectivity index (χ4v) is 1.54. The summed E-state index contributed by atoms with van der Waals surface area (Å²) in [4.78, 5) is 21.8. The summed E-state index contributed by atoms with van der Waals surface area (Å²) in [6, 6.07) is 4.32. The Hall–Kier alpha value is -2.11. The molecular formula is C13H16FNO4. The van der Waals surface area contributed by atoms with Gasteiger partial charge in [-0.25, -0.2) is 4.39 Å². The molecule has 0 saturated carbocycles. The fraction of sp³-hybridized carbons (Fsp3) is 0.385. The van der Waals surface area contributed by atoms with Gasteiger partial charge in [0.15, 0.2) is 11.6 Å². The first kappa shape index (κ1) is 14.9. The number of carbonyl (C=O) groups is 2. The van der Waals surface area contributed by atoms with Gasteiger partial charge in [0.2, 0.25) is 5.91 Å². The van der Waals surface area contributed by atoms with Gasteiger partial charge >= 0.3 is 5.97 Å². The summed E-state index contributed by atoms with van der Waals surface area (Å²) < 4.78 is 18.1. The van der Waals surface area contributed by atoms with Gasteiger partial charge in [-0.1, -0.05) is 6.07 Å². The number of benzene rings is 1. The quantitative estimate of drug-likeness (QED) is 0.733. The van der Waals surface area contributed by atoms with Gasteiger partial charge in [-0.15, -0.1) is 0 Å². The number of carboxylic acid groups (broad SMARTS) is 1. The lowest BCUT2D eigenvalue weighted by Crippen LogP contribution is -2.26. The number of carbonyl (C=O) groups excluding carboxylic acids is 1. The molecule has 0 radical (unpaired) electrons. The van der Waals surface area contributed by atoms with Crippen LogP contribution in [0.25, 0.3) is 0 Å². The van der Waals surface area contributed by atoms with Crippen LogP contribution in [0.1, 0.15) is 18.4 Å². The summed E-state index contributed by atoms with van der Waals surface area (Å²) in [6.07, 6.45) is 0.434. The number of hydrogen-bond donors (Lipinski definition) is 2. The lowest BCUT2D eigenvalue weighted by molar-refractivity contribution is -0.137. The molecule has 0 aliphatic rings. The normalized spacial score (nSPS) is 10.0. The molecule has 1 rings (SSSR count). The Balaban J connectivity index is 2.40. The summed E-state index contributed by atoms with van der Waals surface area (Å²) in [5.41, 5.74) is 0.536. The van der Waals surface area contributed by atoms with Gasteiger partial charge in [0, 0.05) is 13.0 Å². The highest BCUT2D eigenvalue weighted by atomic mass is 19.1. The molecule has 0 aromatic heterocycles. The van der Waals surface area contributed by atoms with E-state index in [1.165, 1.54) is 19.2 Å². The third-order valence-corrected chi connectivity index (χ3v) is 2.47. The molecule has 0 atom stereocenters. The number of methoxy groups -OCH3 is 1. The molecule has 19 heavy (non-hydrogen) atoms. The van der Waals surface area contributed by atoms with Crippen LogP contribution in [0, 0.1) is 5.82 Å². The molecule has 0 bridgehead atoms. The minimum absolute atomic E-state index is 0.0114. The van der Waals surface area contributed by atoms with E-state index in [-0.39, 0.29) is 24.5 Å². The number of hydrogen-bond acceptors (Lipinski definition) is 3. The van der Waals surface area contributed by atoms with Crippen molar-refractivity contribution in [3.63, 3.8) is 0 Å². The van der Waals surface area contributed by atoms with Crippen molar-refractivity contribution in [3.05, 3.63) is 29.6 Å². The average molecular weight is 269 g/mol. The van der Waals surface area contributed by atoms with E-state index in [1.54, 1.807) is 6.07 Å². The number of amides is 1. The Labute approximate surface area is 110 Å². The zero-order valence-corrected chi connectivity index (χ0v) is 10.6. The Morgan fingerprint density at radius 3 is 2.74 bits per heavy atom. The Bertz CT molecular complexity index is 462. The Morgan fingerprint density at radius 2 is 2.16 bits per heavy atom. The number of rotatable bonds is 7. The van der Waals surface area contributed by atoms with E-state index in [0.717, 1.165) is 0 Å². The van der Waals surface area contributed by atoms with Crippen LogP contribution in [-0.2, 0) is 16.0 Å². The molecule has 6 heteroatoms. The number of carboxylic acids is 1. The molecule has 1 amide bonds. The summed E-state index contributed by atoms with van der Waals surface area (Å²) in [5.74, 6) is -1.55. The molecule has 1 aromatic carbocycles. The molecule has 5 nitrogen and oxygen atoms in total. The molecule has 0 heterocycles. The summed E-state index contributed by atoms with van der Waals surface area (Å²) in [7, 11) is 1.37. The molecular weight excluding hydrogens is 253 g/mol. The minimum Gasteiger partial charge on any atom is -0.494 e. The Morgan fingerprint density at radius 1 is 1.42 bits per heavy atom. The smallest absolute Gasteiger partial charge is 0.303 e. The van der Waals surface area contributed by atoms with Gasteiger partial charge in [-0.2, -0.15) is 0 Å². The van der Waals surface area contributed by atoms with Gasteiger partial charge in [0.1, 0.15) is 0 Å². The van der Waals surface area contributed by atoms with Crippen LogP contribution in [-0.4, -0.2) is 30.6 Å². The Kier molecular flexibility index (Phi) is 5.78. The maximum Gasteiger partial charge on any atom is 0.303 e. The van der Waals surface area contributed by atoms with Crippen molar-refractivity contribution >= 4 is 11.9 Å². The molecule has 2 N–H and O–H groups in total. The number of ether oxygens (including phenoxy) is 1. The number of nitrogens with one attached hydrogen (secondary N) is 1. The van der Waals surface area contributed by atoms with Crippen molar-refractivity contribution in [2.75, 3.05) is 13.7 Å². The second kappa shape index (κ2) is 7.35. The molecule has 1 aromatic rings. The lowest BCUT2D eigenvalue weighted by atomic mass is 10.1. The van der Waals surface area contributed by atoms with Crippen molar-refractivity contribution in [3.8, 4) is 5.75 Å². The van der Waals surface area contributed by atoms with Crippen molar-refractivity contribution in [2.45, 2.75) is 19.3 Å². The summed E-state index contributed by atoms with van der Waals surface area (Å²) in [5, 5.41) is 11.0. The van der Waals surface area contributed by atoms with Gasteiger partial charge in [-0.3, -0.25) is 9.59 Å². The van der Waals surface area contributed by atoms with Crippen molar-refractivity contribution < 1.29 is 23.8 Å². The summed E-state index contributed by atoms with van der Waals surface area (Å²) in [6.45, 7) is 0.295. The highest BCUT2D eigenvalue weighted by Crippen LogP contribution is 2.17. The molecule has 0 aliphatic heterocycles. The van der Waals surface area contributed by atoms with Gasteiger partial charge in [-0.05, 0) is 24.1 Å². The van der Waals surface area contributed by atoms with E-state index < -0.39 is 11.8 Å². The second-order valence-corrected chi connectivity index (χ2v) is 3.99. The van der Waals surface area contributed by atoms with E-state index in [2.05, 4.69) is 5.32 Å². The SMILES string of the molecule is COc1ccc(CC(=O)NCCCC(=O)O)cc1F. The number of aliphatic carboxylic acids is 1. The molecule has 0 fully saturated rings. The van der Waals surface area contributed by atoms with E-state index in [0.29, 0.717) is 18.5 Å². The van der Waals surface area contributed by atoms with Crippen molar-refractivity contribution in [2.24, 2.45) is 0 Å². The second-order valence-electron chi connectivity index (χ2n) is 3.99. The third kappa shape index (κ3) is 5.37. The van der Waals surface area contributed by atoms with Crippen LogP contribution >= 0.6 is 0 Å². The molecule has 0 unspecified atom stereocenters. The average Bonchev–Trinajstić information content (AvgIpc) is 2.35. The topological polar surface area (TPSA) is 75.6 Å². The van der Waals surface area contributed by atoms with Crippen LogP contribution < -0.4 is 10.1 Å². The maximum atomic E-state index is 13.4.